The predicted octanol–water partition coefficient (Wildman–Crippen LogP) is -1.51. The van der Waals surface area contributed by atoms with Gasteiger partial charge in [0.2, 0.25) is 70.9 Å². The van der Waals surface area contributed by atoms with E-state index in [1.807, 2.05) is 27.7 Å². The van der Waals surface area contributed by atoms with Gasteiger partial charge >= 0.3 is 11.9 Å². The largest absolute Gasteiger partial charge is 0.481 e. The summed E-state index contributed by atoms with van der Waals surface area (Å²) in [6.07, 6.45) is 1.60. The van der Waals surface area contributed by atoms with Crippen molar-refractivity contribution in [3.05, 3.63) is 66.8 Å². The Labute approximate surface area is 591 Å². The van der Waals surface area contributed by atoms with Gasteiger partial charge in [0, 0.05) is 37.8 Å². The summed E-state index contributed by atoms with van der Waals surface area (Å²) >= 11 is 1.35. The van der Waals surface area contributed by atoms with Crippen molar-refractivity contribution in [3.8, 4) is 0 Å². The first-order chi connectivity index (χ1) is 47.9. The fourth-order valence-electron chi connectivity index (χ4n) is 11.0. The normalized spacial score (nSPS) is 23.0. The average molecular weight is 1430 g/mol. The highest BCUT2D eigenvalue weighted by molar-refractivity contribution is 8.14. The van der Waals surface area contributed by atoms with Crippen molar-refractivity contribution in [1.29, 1.82) is 0 Å². The summed E-state index contributed by atoms with van der Waals surface area (Å²) < 4.78 is 0. The van der Waals surface area contributed by atoms with Gasteiger partial charge in [0.15, 0.2) is 0 Å². The summed E-state index contributed by atoms with van der Waals surface area (Å²) in [5.41, 5.74) is 18.6. The van der Waals surface area contributed by atoms with E-state index >= 15 is 0 Å². The molecule has 12 amide bonds. The van der Waals surface area contributed by atoms with Crippen molar-refractivity contribution >= 4 is 99.6 Å². The van der Waals surface area contributed by atoms with Gasteiger partial charge in [-0.2, -0.15) is 0 Å². The number of hydrogen-bond acceptors (Lipinski definition) is 19. The third-order valence-corrected chi connectivity index (χ3v) is 18.5. The van der Waals surface area contributed by atoms with Crippen LogP contribution in [0.2, 0.25) is 0 Å². The number of thioether (sulfide) groups is 1. The van der Waals surface area contributed by atoms with Crippen LogP contribution in [-0.2, 0) is 80.0 Å². The smallest absolute Gasteiger partial charge is 0.305 e. The molecule has 34 heteroatoms. The number of benzene rings is 1. The second-order valence-corrected chi connectivity index (χ2v) is 27.1. The van der Waals surface area contributed by atoms with Crippen molar-refractivity contribution < 1.29 is 77.3 Å². The van der Waals surface area contributed by atoms with Crippen molar-refractivity contribution in [1.82, 2.24) is 68.5 Å². The molecule has 1 saturated heterocycles. The molecule has 0 bridgehead atoms. The highest BCUT2D eigenvalue weighted by Gasteiger charge is 2.40. The predicted molar refractivity (Wildman–Crippen MR) is 374 cm³/mol. The summed E-state index contributed by atoms with van der Waals surface area (Å²) in [6, 6.07) is -8.59. The number of nitrogens with two attached hydrogens (primary N) is 3. The van der Waals surface area contributed by atoms with Gasteiger partial charge < -0.3 is 90.9 Å². The van der Waals surface area contributed by atoms with Crippen LogP contribution in [0.1, 0.15) is 143 Å². The maximum absolute atomic E-state index is 14.9. The first-order valence-corrected chi connectivity index (χ1v) is 35.2. The lowest BCUT2D eigenvalue weighted by Crippen LogP contribution is -2.62. The van der Waals surface area contributed by atoms with Crippen LogP contribution in [0.3, 0.4) is 0 Å². The number of H-pyrrole nitrogens is 1. The standard InChI is InChI=1S/C67H103N17O16S/c1-9-18-38(8)55-66(100)81-45(28-39-19-13-12-14-20-39)61(95)78-46(29-40-32-71-34-73-40)62(96)80-48(31-52(88)89)63(97)79-47(30-50(69)85)56(90)72-26-16-15-21-41(57(91)74-42(22-17-25-68)58(92)84-55)76-65(99)54(37(7)11-3)83-59(93)43(23-24-51(86)87)75-60(94)44(27-35(4)5)77-64(98)49-33-101-67(82-49)53(70)36(6)10-2/h9,12-14,19-20,32,34-38,41-49,53-55H,1,10-11,15-18,21-31,33,68,70H2,2-8H3,(H2,69,85)(H,71,73)(H,72,90)(H,74,91)(H,75,94)(H,76,99)(H,77,98)(H,78,95)(H,79,97)(H,80,96)(H,81,100)(H,83,93)(H,84,92)(H,86,87)(H,88,89). The summed E-state index contributed by atoms with van der Waals surface area (Å²) in [6.45, 7) is 16.1. The van der Waals surface area contributed by atoms with E-state index < -0.39 is 193 Å². The minimum Gasteiger partial charge on any atom is -0.481 e. The molecule has 1 fully saturated rings. The maximum Gasteiger partial charge on any atom is 0.305 e. The molecule has 1 aromatic carbocycles. The lowest BCUT2D eigenvalue weighted by Gasteiger charge is -2.30. The number of aliphatic imine (C=N–C) groups is 1. The quantitative estimate of drug-likeness (QED) is 0.0370. The molecule has 0 radical (unpaired) electrons. The number of carbonyl (C=O) groups is 14. The topological polar surface area (TPSA) is 531 Å². The molecule has 101 heavy (non-hydrogen) atoms. The Bertz CT molecular complexity index is 3210. The fraction of sp³-hybridized carbons (Fsp3) is 0.612. The van der Waals surface area contributed by atoms with Crippen molar-refractivity contribution in [2.45, 2.75) is 217 Å². The number of amides is 12. The molecule has 558 valence electrons. The number of hydrogen-bond donors (Lipinski definition) is 17. The molecule has 4 rings (SSSR count). The Hall–Kier alpha value is -9.31. The van der Waals surface area contributed by atoms with Gasteiger partial charge in [-0.3, -0.25) is 72.1 Å². The number of imidazole rings is 1. The van der Waals surface area contributed by atoms with Gasteiger partial charge in [0.25, 0.3) is 0 Å². The molecule has 3 heterocycles. The van der Waals surface area contributed by atoms with Gasteiger partial charge in [0.05, 0.1) is 35.9 Å². The third kappa shape index (κ3) is 28.3. The van der Waals surface area contributed by atoms with E-state index in [0.29, 0.717) is 10.6 Å². The number of allylic oxidation sites excluding steroid dienone is 1. The molecule has 2 aliphatic rings. The zero-order valence-electron chi connectivity index (χ0n) is 58.4. The van der Waals surface area contributed by atoms with E-state index in [1.54, 1.807) is 51.1 Å². The Morgan fingerprint density at radius 3 is 1.90 bits per heavy atom. The lowest BCUT2D eigenvalue weighted by molar-refractivity contribution is -0.142. The van der Waals surface area contributed by atoms with Gasteiger partial charge in [-0.05, 0) is 87.1 Å². The number of primary amides is 1. The highest BCUT2D eigenvalue weighted by Crippen LogP contribution is 2.25. The monoisotopic (exact) mass is 1430 g/mol. The van der Waals surface area contributed by atoms with Crippen LogP contribution >= 0.6 is 11.8 Å². The minimum absolute atomic E-state index is 0.00797. The van der Waals surface area contributed by atoms with Crippen molar-refractivity contribution in [2.75, 3.05) is 18.8 Å². The van der Waals surface area contributed by atoms with Gasteiger partial charge in [0.1, 0.15) is 66.5 Å². The summed E-state index contributed by atoms with van der Waals surface area (Å²) in [5.74, 6) is -15.7. The van der Waals surface area contributed by atoms with E-state index in [-0.39, 0.29) is 101 Å². The van der Waals surface area contributed by atoms with Crippen LogP contribution in [0.4, 0.5) is 0 Å². The van der Waals surface area contributed by atoms with E-state index in [9.17, 15) is 77.3 Å². The molecule has 15 atom stereocenters. The van der Waals surface area contributed by atoms with Crippen molar-refractivity contribution in [2.24, 2.45) is 45.9 Å². The van der Waals surface area contributed by atoms with E-state index in [2.05, 4.69) is 80.0 Å². The molecular weight excluding hydrogens is 1330 g/mol. The van der Waals surface area contributed by atoms with E-state index in [0.717, 1.165) is 6.42 Å². The number of carbonyl (C=O) groups excluding carboxylic acids is 12. The number of aliphatic carboxylic acids is 2. The SMILES string of the molecule is C=CCC(C)C1NC(=O)C(CCCN)NC(=O)C(NC(=O)C(NC(=O)C(CCC(=O)O)NC(=O)C(CC(C)C)NC(=O)C2CSC(C(N)C(C)CC)=N2)C(C)CC)CCCCNC(=O)C(CC(N)=O)NC(=O)C(CC(=O)O)NC(=O)C(Cc2c[nH]cn2)NC(=O)C(Cc2ccccc2)NC1=O. The molecular formula is C67H103N17O16S. The molecule has 1 aromatic heterocycles. The van der Waals surface area contributed by atoms with Crippen LogP contribution in [0.5, 0.6) is 0 Å². The Kier molecular flexibility index (Phi) is 35.6. The summed E-state index contributed by atoms with van der Waals surface area (Å²) in [7, 11) is 0. The molecule has 0 saturated carbocycles. The number of nitrogens with one attached hydrogen (secondary N) is 12. The molecule has 0 aliphatic carbocycles. The Morgan fingerprint density at radius 2 is 1.31 bits per heavy atom. The number of aromatic amines is 1. The van der Waals surface area contributed by atoms with Crippen LogP contribution in [0.25, 0.3) is 0 Å². The molecule has 0 spiro atoms. The average Bonchev–Trinajstić information content (AvgIpc) is 1.05. The first-order valence-electron chi connectivity index (χ1n) is 34.2. The number of rotatable bonds is 32. The van der Waals surface area contributed by atoms with Gasteiger partial charge in [-0.25, -0.2) is 4.98 Å². The second kappa shape index (κ2) is 42.7. The first kappa shape index (κ1) is 84.1. The molecule has 33 nitrogen and oxygen atoms in total. The Balaban J connectivity index is 1.79. The summed E-state index contributed by atoms with van der Waals surface area (Å²) in [5, 5.41) is 49.0. The third-order valence-electron chi connectivity index (χ3n) is 17.4. The lowest BCUT2D eigenvalue weighted by atomic mass is 9.95. The molecule has 2 aliphatic heterocycles. The van der Waals surface area contributed by atoms with Crippen molar-refractivity contribution in [3.63, 3.8) is 0 Å². The molecule has 2 aromatic rings. The number of carboxylic acid groups (broad SMARTS) is 2. The number of aromatic nitrogens is 2. The van der Waals surface area contributed by atoms with Crippen LogP contribution < -0.4 is 75.7 Å². The van der Waals surface area contributed by atoms with Gasteiger partial charge in [-0.15, -0.1) is 18.3 Å². The van der Waals surface area contributed by atoms with Crippen LogP contribution in [0, 0.1) is 23.7 Å². The fourth-order valence-corrected chi connectivity index (χ4v) is 12.2. The van der Waals surface area contributed by atoms with Crippen LogP contribution in [0.15, 0.2) is 60.5 Å². The zero-order chi connectivity index (χ0) is 75.0. The molecule has 15 unspecified atom stereocenters. The zero-order valence-corrected chi connectivity index (χ0v) is 59.3. The van der Waals surface area contributed by atoms with E-state index in [4.69, 9.17) is 17.2 Å². The van der Waals surface area contributed by atoms with Crippen LogP contribution in [-0.4, -0.2) is 199 Å². The number of carboxylic acids is 2. The van der Waals surface area contributed by atoms with Gasteiger partial charge in [-0.1, -0.05) is 97.7 Å². The highest BCUT2D eigenvalue weighted by atomic mass is 32.2. The Morgan fingerprint density at radius 1 is 0.703 bits per heavy atom. The van der Waals surface area contributed by atoms with E-state index in [1.165, 1.54) is 30.4 Å². The summed E-state index contributed by atoms with van der Waals surface area (Å²) in [4.78, 5) is 207. The molecule has 20 N–H and O–H groups in total. The second-order valence-electron chi connectivity index (χ2n) is 26.1. The minimum atomic E-state index is -1.95. The maximum atomic E-state index is 14.9. The number of nitrogens with zero attached hydrogens (tertiary/aromatic N) is 2.